The molecule has 8 aromatic carbocycles. The Hall–Kier alpha value is -6.91. The van der Waals surface area contributed by atoms with Gasteiger partial charge >= 0.3 is 0 Å². The summed E-state index contributed by atoms with van der Waals surface area (Å²) in [4.78, 5) is 15.2. The summed E-state index contributed by atoms with van der Waals surface area (Å²) in [6, 6.07) is 64.0. The predicted octanol–water partition coefficient (Wildman–Crippen LogP) is 11.9. The van der Waals surface area contributed by atoms with Gasteiger partial charge in [0.15, 0.2) is 17.5 Å². The molecule has 2 heterocycles. The van der Waals surface area contributed by atoms with Crippen molar-refractivity contribution in [2.75, 3.05) is 0 Å². The summed E-state index contributed by atoms with van der Waals surface area (Å²) in [6.07, 6.45) is 0. The lowest BCUT2D eigenvalue weighted by molar-refractivity contribution is 1.07. The van der Waals surface area contributed by atoms with Crippen LogP contribution in [0.15, 0.2) is 182 Å². The van der Waals surface area contributed by atoms with Crippen LogP contribution in [0.5, 0.6) is 0 Å². The van der Waals surface area contributed by atoms with E-state index >= 15 is 0 Å². The molecule has 0 aliphatic rings. The highest BCUT2D eigenvalue weighted by Gasteiger charge is 2.18. The van der Waals surface area contributed by atoms with Gasteiger partial charge in [0.2, 0.25) is 0 Å². The zero-order valence-electron chi connectivity index (χ0n) is 27.6. The van der Waals surface area contributed by atoms with Crippen LogP contribution >= 0.6 is 0 Å². The second-order valence-corrected chi connectivity index (χ2v) is 12.9. The van der Waals surface area contributed by atoms with E-state index in [0.717, 1.165) is 38.8 Å². The first-order chi connectivity index (χ1) is 25.3. The minimum Gasteiger partial charge on any atom is -0.309 e. The number of benzene rings is 8. The third kappa shape index (κ3) is 5.04. The van der Waals surface area contributed by atoms with Crippen molar-refractivity contribution in [1.29, 1.82) is 0 Å². The first-order valence-corrected chi connectivity index (χ1v) is 17.2. The van der Waals surface area contributed by atoms with Gasteiger partial charge in [-0.25, -0.2) is 15.0 Å². The number of rotatable bonds is 5. The van der Waals surface area contributed by atoms with Crippen LogP contribution in [0.3, 0.4) is 0 Å². The molecule has 0 unspecified atom stereocenters. The SMILES string of the molecule is c1ccc(-c2ccc3c4c5ccccc5ccc4n(-c4cccc(-c5nc(-c6ccccc6)nc(-c6ccc7ccccc7c6)n5)c4)c3c2)cc1. The Morgan fingerprint density at radius 2 is 0.902 bits per heavy atom. The molecule has 0 spiro atoms. The van der Waals surface area contributed by atoms with Crippen molar-refractivity contribution in [2.24, 2.45) is 0 Å². The summed E-state index contributed by atoms with van der Waals surface area (Å²) >= 11 is 0. The Kier molecular flexibility index (Phi) is 6.78. The average molecular weight is 651 g/mol. The Morgan fingerprint density at radius 1 is 0.314 bits per heavy atom. The Balaban J connectivity index is 1.20. The molecule has 0 N–H and O–H groups in total. The van der Waals surface area contributed by atoms with Gasteiger partial charge in [-0.15, -0.1) is 0 Å². The Bertz CT molecular complexity index is 2910. The van der Waals surface area contributed by atoms with Gasteiger partial charge in [-0.05, 0) is 63.0 Å². The fourth-order valence-corrected chi connectivity index (χ4v) is 7.34. The van der Waals surface area contributed by atoms with E-state index < -0.39 is 0 Å². The molecule has 238 valence electrons. The highest BCUT2D eigenvalue weighted by molar-refractivity contribution is 6.21. The van der Waals surface area contributed by atoms with Crippen LogP contribution in [-0.2, 0) is 0 Å². The second kappa shape index (κ2) is 11.9. The normalized spacial score (nSPS) is 11.5. The van der Waals surface area contributed by atoms with E-state index in [1.54, 1.807) is 0 Å². The molecule has 0 saturated carbocycles. The summed E-state index contributed by atoms with van der Waals surface area (Å²) in [5.41, 5.74) is 8.54. The van der Waals surface area contributed by atoms with E-state index in [1.807, 2.05) is 30.3 Å². The van der Waals surface area contributed by atoms with Crippen molar-refractivity contribution < 1.29 is 0 Å². The molecule has 4 heteroatoms. The van der Waals surface area contributed by atoms with Crippen molar-refractivity contribution in [2.45, 2.75) is 0 Å². The van der Waals surface area contributed by atoms with Crippen LogP contribution < -0.4 is 0 Å². The maximum absolute atomic E-state index is 5.12. The molecule has 51 heavy (non-hydrogen) atoms. The van der Waals surface area contributed by atoms with Gasteiger partial charge in [0.25, 0.3) is 0 Å². The molecule has 0 bridgehead atoms. The van der Waals surface area contributed by atoms with E-state index in [1.165, 1.54) is 38.1 Å². The van der Waals surface area contributed by atoms with Gasteiger partial charge in [-0.2, -0.15) is 0 Å². The second-order valence-electron chi connectivity index (χ2n) is 12.9. The number of aromatic nitrogens is 4. The Morgan fingerprint density at radius 3 is 1.69 bits per heavy atom. The van der Waals surface area contributed by atoms with Crippen LogP contribution in [0.4, 0.5) is 0 Å². The van der Waals surface area contributed by atoms with Crippen LogP contribution in [0.2, 0.25) is 0 Å². The van der Waals surface area contributed by atoms with E-state index in [2.05, 4.69) is 156 Å². The molecule has 0 atom stereocenters. The first-order valence-electron chi connectivity index (χ1n) is 17.2. The van der Waals surface area contributed by atoms with E-state index in [4.69, 9.17) is 15.0 Å². The largest absolute Gasteiger partial charge is 0.309 e. The summed E-state index contributed by atoms with van der Waals surface area (Å²) in [7, 11) is 0. The summed E-state index contributed by atoms with van der Waals surface area (Å²) in [5, 5.41) is 7.27. The molecule has 0 fully saturated rings. The molecular formula is C47H30N4. The molecule has 4 nitrogen and oxygen atoms in total. The van der Waals surface area contributed by atoms with Crippen molar-refractivity contribution >= 4 is 43.4 Å². The fraction of sp³-hybridized carbons (Fsp3) is 0. The monoisotopic (exact) mass is 650 g/mol. The first kappa shape index (κ1) is 29.0. The van der Waals surface area contributed by atoms with Crippen molar-refractivity contribution in [3.05, 3.63) is 182 Å². The average Bonchev–Trinajstić information content (AvgIpc) is 3.55. The summed E-state index contributed by atoms with van der Waals surface area (Å²) < 4.78 is 2.39. The predicted molar refractivity (Wildman–Crippen MR) is 211 cm³/mol. The minimum atomic E-state index is 0.630. The lowest BCUT2D eigenvalue weighted by Gasteiger charge is -2.12. The minimum absolute atomic E-state index is 0.630. The van der Waals surface area contributed by atoms with Crippen LogP contribution in [0.25, 0.3) is 94.3 Å². The molecule has 0 aliphatic heterocycles. The Labute approximate surface area is 295 Å². The van der Waals surface area contributed by atoms with Gasteiger partial charge in [0.1, 0.15) is 0 Å². The topological polar surface area (TPSA) is 43.6 Å². The van der Waals surface area contributed by atoms with Crippen LogP contribution in [0.1, 0.15) is 0 Å². The maximum atomic E-state index is 5.12. The van der Waals surface area contributed by atoms with Crippen LogP contribution in [0, 0.1) is 0 Å². The summed E-state index contributed by atoms with van der Waals surface area (Å²) in [6.45, 7) is 0. The number of fused-ring (bicyclic) bond motifs is 6. The van der Waals surface area contributed by atoms with Gasteiger partial charge in [0.05, 0.1) is 11.0 Å². The molecule has 2 aromatic heterocycles. The van der Waals surface area contributed by atoms with Gasteiger partial charge in [0, 0.05) is 33.2 Å². The van der Waals surface area contributed by atoms with E-state index in [9.17, 15) is 0 Å². The molecule has 10 rings (SSSR count). The molecule has 0 saturated heterocycles. The molecule has 10 aromatic rings. The van der Waals surface area contributed by atoms with Crippen molar-refractivity contribution in [3.8, 4) is 51.0 Å². The van der Waals surface area contributed by atoms with Gasteiger partial charge < -0.3 is 4.57 Å². The fourth-order valence-electron chi connectivity index (χ4n) is 7.34. The lowest BCUT2D eigenvalue weighted by Crippen LogP contribution is -2.01. The standard InChI is InChI=1S/C47H30N4/c1-3-12-31(13-4-1)36-24-26-41-43(30-36)51(42-27-25-33-15-9-10-21-40(33)44(41)42)39-20-11-19-37(29-39)46-48-45(34-16-5-2-6-17-34)49-47(50-46)38-23-22-32-14-7-8-18-35(32)28-38/h1-30H. The number of nitrogens with zero attached hydrogens (tertiary/aromatic N) is 4. The number of hydrogen-bond donors (Lipinski definition) is 0. The highest BCUT2D eigenvalue weighted by Crippen LogP contribution is 2.39. The molecule has 0 amide bonds. The third-order valence-electron chi connectivity index (χ3n) is 9.80. The van der Waals surface area contributed by atoms with E-state index in [0.29, 0.717) is 17.5 Å². The zero-order valence-corrected chi connectivity index (χ0v) is 27.6. The van der Waals surface area contributed by atoms with Crippen molar-refractivity contribution in [3.63, 3.8) is 0 Å². The van der Waals surface area contributed by atoms with Gasteiger partial charge in [-0.1, -0.05) is 152 Å². The van der Waals surface area contributed by atoms with Crippen LogP contribution in [-0.4, -0.2) is 19.5 Å². The highest BCUT2D eigenvalue weighted by atomic mass is 15.0. The van der Waals surface area contributed by atoms with E-state index in [-0.39, 0.29) is 0 Å². The molecular weight excluding hydrogens is 621 g/mol. The molecule has 0 radical (unpaired) electrons. The zero-order chi connectivity index (χ0) is 33.7. The smallest absolute Gasteiger partial charge is 0.164 e. The quantitative estimate of drug-likeness (QED) is 0.186. The summed E-state index contributed by atoms with van der Waals surface area (Å²) in [5.74, 6) is 1.92. The lowest BCUT2D eigenvalue weighted by atomic mass is 10.0. The maximum Gasteiger partial charge on any atom is 0.164 e. The third-order valence-corrected chi connectivity index (χ3v) is 9.80. The van der Waals surface area contributed by atoms with Crippen molar-refractivity contribution in [1.82, 2.24) is 19.5 Å². The number of hydrogen-bond acceptors (Lipinski definition) is 3. The molecule has 0 aliphatic carbocycles. The van der Waals surface area contributed by atoms with Gasteiger partial charge in [-0.3, -0.25) is 0 Å².